The molecule has 28 heavy (non-hydrogen) atoms. The Morgan fingerprint density at radius 3 is 2.46 bits per heavy atom. The van der Waals surface area contributed by atoms with Gasteiger partial charge < -0.3 is 19.4 Å². The van der Waals surface area contributed by atoms with Gasteiger partial charge in [-0.1, -0.05) is 0 Å². The first-order chi connectivity index (χ1) is 13.4. The van der Waals surface area contributed by atoms with E-state index in [0.29, 0.717) is 42.8 Å². The number of methoxy groups -OCH3 is 1. The third-order valence-corrected chi connectivity index (χ3v) is 5.07. The molecule has 150 valence electrons. The van der Waals surface area contributed by atoms with E-state index in [-0.39, 0.29) is 23.7 Å². The highest BCUT2D eigenvalue weighted by atomic mass is 16.5. The minimum Gasteiger partial charge on any atom is -0.502 e. The Morgan fingerprint density at radius 1 is 1.21 bits per heavy atom. The monoisotopic (exact) mass is 387 g/mol. The van der Waals surface area contributed by atoms with E-state index in [1.165, 1.54) is 13.2 Å². The molecule has 1 unspecified atom stereocenters. The number of ether oxygens (including phenoxy) is 1. The van der Waals surface area contributed by atoms with Crippen LogP contribution in [0, 0.1) is 6.92 Å². The molecule has 1 aliphatic rings. The fourth-order valence-electron chi connectivity index (χ4n) is 3.49. The zero-order valence-electron chi connectivity index (χ0n) is 16.0. The number of aliphatic hydroxyl groups is 1. The van der Waals surface area contributed by atoms with E-state index in [2.05, 4.69) is 5.32 Å². The topological polar surface area (TPSA) is 109 Å². The molecule has 1 heterocycles. The molecule has 3 rings (SSSR count). The fourth-order valence-corrected chi connectivity index (χ4v) is 3.49. The van der Waals surface area contributed by atoms with Gasteiger partial charge in [0.05, 0.1) is 13.2 Å². The molecule has 0 aliphatic heterocycles. The number of aryl methyl sites for hydroxylation is 1. The number of carbonyl (C=O) groups is 1. The Kier molecular flexibility index (Phi) is 6.16. The molecule has 0 saturated heterocycles. The number of aromatic hydroxyl groups is 1. The van der Waals surface area contributed by atoms with E-state index >= 15 is 0 Å². The summed E-state index contributed by atoms with van der Waals surface area (Å²) in [4.78, 5) is 25.3. The number of rotatable bonds is 6. The van der Waals surface area contributed by atoms with Crippen LogP contribution in [0.15, 0.2) is 39.5 Å². The number of carbonyl (C=O) groups excluding carboxylic acids is 1. The number of ketones is 1. The summed E-state index contributed by atoms with van der Waals surface area (Å²) in [6.45, 7) is 1.59. The van der Waals surface area contributed by atoms with Gasteiger partial charge in [-0.3, -0.25) is 14.9 Å². The molecule has 1 fully saturated rings. The van der Waals surface area contributed by atoms with Crippen molar-refractivity contribution in [1.82, 2.24) is 5.32 Å². The maximum atomic E-state index is 13.2. The minimum atomic E-state index is -1.01. The molecule has 1 aliphatic carbocycles. The SMILES string of the molecule is COc1ccc(C(=O)C(NC2CCC(O)CC2)c2oc(C)cc(=O)c2O)cc1. The molecule has 1 atom stereocenters. The Labute approximate surface area is 163 Å². The van der Waals surface area contributed by atoms with Crippen LogP contribution in [0.5, 0.6) is 11.5 Å². The third kappa shape index (κ3) is 4.43. The van der Waals surface area contributed by atoms with E-state index in [4.69, 9.17) is 9.15 Å². The lowest BCUT2D eigenvalue weighted by molar-refractivity contribution is 0.0878. The first-order valence-corrected chi connectivity index (χ1v) is 9.35. The van der Waals surface area contributed by atoms with Gasteiger partial charge in [0.25, 0.3) is 0 Å². The lowest BCUT2D eigenvalue weighted by Gasteiger charge is -2.29. The van der Waals surface area contributed by atoms with E-state index in [9.17, 15) is 19.8 Å². The minimum absolute atomic E-state index is 0.0409. The first kappa shape index (κ1) is 20.1. The zero-order chi connectivity index (χ0) is 20.3. The summed E-state index contributed by atoms with van der Waals surface area (Å²) in [6, 6.07) is 6.74. The molecular weight excluding hydrogens is 362 g/mol. The average Bonchev–Trinajstić information content (AvgIpc) is 2.70. The number of Topliss-reactive ketones (excluding diaryl/α,β-unsaturated/α-hetero) is 1. The van der Waals surface area contributed by atoms with Gasteiger partial charge in [0.1, 0.15) is 17.6 Å². The maximum absolute atomic E-state index is 13.2. The predicted molar refractivity (Wildman–Crippen MR) is 103 cm³/mol. The molecule has 1 saturated carbocycles. The number of aliphatic hydroxyl groups excluding tert-OH is 1. The van der Waals surface area contributed by atoms with Crippen molar-refractivity contribution < 1.29 is 24.2 Å². The Balaban J connectivity index is 1.96. The first-order valence-electron chi connectivity index (χ1n) is 9.35. The molecule has 0 spiro atoms. The molecular formula is C21H25NO6. The molecule has 1 aromatic heterocycles. The van der Waals surface area contributed by atoms with Crippen molar-refractivity contribution in [2.75, 3.05) is 7.11 Å². The van der Waals surface area contributed by atoms with E-state index in [1.807, 2.05) is 0 Å². The Bertz CT molecular complexity index is 881. The quantitative estimate of drug-likeness (QED) is 0.653. The van der Waals surface area contributed by atoms with Crippen LogP contribution in [0.2, 0.25) is 0 Å². The molecule has 0 amide bonds. The van der Waals surface area contributed by atoms with Gasteiger partial charge in [-0.05, 0) is 56.9 Å². The lowest BCUT2D eigenvalue weighted by atomic mass is 9.91. The number of nitrogens with one attached hydrogen (secondary N) is 1. The molecule has 0 bridgehead atoms. The van der Waals surface area contributed by atoms with Crippen molar-refractivity contribution in [2.24, 2.45) is 0 Å². The van der Waals surface area contributed by atoms with Gasteiger partial charge in [0.2, 0.25) is 11.2 Å². The van der Waals surface area contributed by atoms with Crippen molar-refractivity contribution in [3.05, 3.63) is 57.6 Å². The number of hydrogen-bond donors (Lipinski definition) is 3. The van der Waals surface area contributed by atoms with Crippen LogP contribution >= 0.6 is 0 Å². The second kappa shape index (κ2) is 8.58. The van der Waals surface area contributed by atoms with E-state index < -0.39 is 17.2 Å². The fraction of sp³-hybridized carbons (Fsp3) is 0.429. The van der Waals surface area contributed by atoms with Crippen LogP contribution in [0.3, 0.4) is 0 Å². The highest BCUT2D eigenvalue weighted by Gasteiger charge is 2.32. The molecule has 0 radical (unpaired) electrons. The summed E-state index contributed by atoms with van der Waals surface area (Å²) in [5.74, 6) is -0.0472. The number of benzene rings is 1. The highest BCUT2D eigenvalue weighted by Crippen LogP contribution is 2.29. The van der Waals surface area contributed by atoms with Gasteiger partial charge in [0, 0.05) is 17.7 Å². The summed E-state index contributed by atoms with van der Waals surface area (Å²) < 4.78 is 10.7. The second-order valence-electron chi connectivity index (χ2n) is 7.13. The van der Waals surface area contributed by atoms with Crippen LogP contribution in [0.1, 0.15) is 53.6 Å². The van der Waals surface area contributed by atoms with Crippen LogP contribution < -0.4 is 15.5 Å². The summed E-state index contributed by atoms with van der Waals surface area (Å²) in [7, 11) is 1.54. The number of hydrogen-bond acceptors (Lipinski definition) is 7. The van der Waals surface area contributed by atoms with Gasteiger partial charge in [-0.15, -0.1) is 0 Å². The van der Waals surface area contributed by atoms with Crippen LogP contribution in [-0.4, -0.2) is 35.3 Å². The van der Waals surface area contributed by atoms with Gasteiger partial charge in [-0.25, -0.2) is 0 Å². The summed E-state index contributed by atoms with van der Waals surface area (Å²) in [6.07, 6.45) is 2.30. The molecule has 7 heteroatoms. The highest BCUT2D eigenvalue weighted by molar-refractivity contribution is 6.00. The summed E-state index contributed by atoms with van der Waals surface area (Å²) in [5, 5.41) is 23.2. The van der Waals surface area contributed by atoms with Crippen LogP contribution in [0.4, 0.5) is 0 Å². The van der Waals surface area contributed by atoms with Crippen molar-refractivity contribution in [3.63, 3.8) is 0 Å². The van der Waals surface area contributed by atoms with Crippen molar-refractivity contribution in [3.8, 4) is 11.5 Å². The predicted octanol–water partition coefficient (Wildman–Crippen LogP) is 2.48. The normalized spacial score (nSPS) is 20.5. The Morgan fingerprint density at radius 2 is 1.86 bits per heavy atom. The molecule has 7 nitrogen and oxygen atoms in total. The molecule has 3 N–H and O–H groups in total. The van der Waals surface area contributed by atoms with Gasteiger partial charge >= 0.3 is 0 Å². The van der Waals surface area contributed by atoms with Crippen molar-refractivity contribution >= 4 is 5.78 Å². The summed E-state index contributed by atoms with van der Waals surface area (Å²) in [5.41, 5.74) is -0.190. The van der Waals surface area contributed by atoms with Crippen molar-refractivity contribution in [2.45, 2.75) is 50.8 Å². The van der Waals surface area contributed by atoms with Crippen LogP contribution in [-0.2, 0) is 0 Å². The molecule has 2 aromatic rings. The third-order valence-electron chi connectivity index (χ3n) is 5.07. The Hall–Kier alpha value is -2.64. The largest absolute Gasteiger partial charge is 0.502 e. The lowest BCUT2D eigenvalue weighted by Crippen LogP contribution is -2.40. The standard InChI is InChI=1S/C21H25NO6/c1-12-11-17(24)20(26)21(28-12)18(22-14-5-7-15(23)8-6-14)19(25)13-3-9-16(27-2)10-4-13/h3-4,9-11,14-15,18,22-23,26H,5-8H2,1-2H3. The zero-order valence-corrected chi connectivity index (χ0v) is 16.0. The maximum Gasteiger partial charge on any atom is 0.227 e. The summed E-state index contributed by atoms with van der Waals surface area (Å²) >= 11 is 0. The van der Waals surface area contributed by atoms with E-state index in [1.54, 1.807) is 31.2 Å². The van der Waals surface area contributed by atoms with Crippen molar-refractivity contribution in [1.29, 1.82) is 0 Å². The van der Waals surface area contributed by atoms with Crippen LogP contribution in [0.25, 0.3) is 0 Å². The van der Waals surface area contributed by atoms with Gasteiger partial charge in [0.15, 0.2) is 11.5 Å². The van der Waals surface area contributed by atoms with E-state index in [0.717, 1.165) is 0 Å². The molecule has 1 aromatic carbocycles. The van der Waals surface area contributed by atoms with Gasteiger partial charge in [-0.2, -0.15) is 0 Å². The second-order valence-corrected chi connectivity index (χ2v) is 7.13. The smallest absolute Gasteiger partial charge is 0.227 e. The average molecular weight is 387 g/mol.